The van der Waals surface area contributed by atoms with Gasteiger partial charge < -0.3 is 0 Å². The van der Waals surface area contributed by atoms with E-state index in [-0.39, 0.29) is 11.2 Å². The summed E-state index contributed by atoms with van der Waals surface area (Å²) in [6.07, 6.45) is 0. The van der Waals surface area contributed by atoms with E-state index in [2.05, 4.69) is 0 Å². The zero-order valence-corrected chi connectivity index (χ0v) is 6.60. The fraction of sp³-hybridized carbons (Fsp3) is 0.100. The molecule has 12 heavy (non-hydrogen) atoms. The molecule has 0 atom stereocenters. The molecule has 0 heterocycles. The summed E-state index contributed by atoms with van der Waals surface area (Å²) >= 11 is 0. The van der Waals surface area contributed by atoms with Gasteiger partial charge in [-0.15, -0.1) is 0 Å². The van der Waals surface area contributed by atoms with Crippen molar-refractivity contribution in [2.45, 2.75) is 6.92 Å². The molecule has 0 spiro atoms. The second-order valence-corrected chi connectivity index (χ2v) is 2.84. The first-order valence-corrected chi connectivity index (χ1v) is 3.71. The Kier molecular flexibility index (Phi) is 1.37. The molecule has 0 amide bonds. The van der Waals surface area contributed by atoms with Crippen LogP contribution in [0.2, 0.25) is 0 Å². The fourth-order valence-corrected chi connectivity index (χ4v) is 1.25. The van der Waals surface area contributed by atoms with Crippen LogP contribution < -0.4 is 5.43 Å². The highest BCUT2D eigenvalue weighted by Gasteiger charge is 2.18. The van der Waals surface area contributed by atoms with E-state index in [0.717, 1.165) is 5.56 Å². The Morgan fingerprint density at radius 1 is 1.33 bits per heavy atom. The molecule has 0 unspecified atom stereocenters. The molecule has 2 heteroatoms. The van der Waals surface area contributed by atoms with Crippen LogP contribution in [0.5, 0.6) is 0 Å². The van der Waals surface area contributed by atoms with Crippen LogP contribution in [0.1, 0.15) is 5.56 Å². The Morgan fingerprint density at radius 2 is 2.00 bits per heavy atom. The van der Waals surface area contributed by atoms with Gasteiger partial charge in [0.1, 0.15) is 5.82 Å². The van der Waals surface area contributed by atoms with Gasteiger partial charge >= 0.3 is 0 Å². The van der Waals surface area contributed by atoms with Crippen molar-refractivity contribution in [2.24, 2.45) is 0 Å². The molecule has 60 valence electrons. The van der Waals surface area contributed by atoms with E-state index in [0.29, 0.717) is 11.1 Å². The molecule has 0 saturated carbocycles. The summed E-state index contributed by atoms with van der Waals surface area (Å²) in [5.74, 6) is -0.299. The molecule has 0 radical (unpaired) electrons. The highest BCUT2D eigenvalue weighted by molar-refractivity contribution is 5.75. The predicted octanol–water partition coefficient (Wildman–Crippen LogP) is 2.04. The van der Waals surface area contributed by atoms with E-state index in [1.165, 1.54) is 12.1 Å². The zero-order chi connectivity index (χ0) is 8.72. The van der Waals surface area contributed by atoms with Gasteiger partial charge in [-0.25, -0.2) is 4.39 Å². The van der Waals surface area contributed by atoms with Crippen molar-refractivity contribution in [3.05, 3.63) is 45.9 Å². The van der Waals surface area contributed by atoms with Gasteiger partial charge in [0, 0.05) is 11.1 Å². The van der Waals surface area contributed by atoms with E-state index < -0.39 is 0 Å². The minimum atomic E-state index is -0.299. The quantitative estimate of drug-likeness (QED) is 0.627. The lowest BCUT2D eigenvalue weighted by Gasteiger charge is -1.91. The van der Waals surface area contributed by atoms with Crippen molar-refractivity contribution in [2.75, 3.05) is 0 Å². The van der Waals surface area contributed by atoms with E-state index in [9.17, 15) is 9.18 Å². The maximum Gasteiger partial charge on any atom is 0.190 e. The maximum atomic E-state index is 12.7. The highest BCUT2D eigenvalue weighted by Crippen LogP contribution is 2.24. The number of hydrogen-bond acceptors (Lipinski definition) is 1. The van der Waals surface area contributed by atoms with Crippen molar-refractivity contribution < 1.29 is 4.39 Å². The van der Waals surface area contributed by atoms with Crippen LogP contribution >= 0.6 is 0 Å². The third kappa shape index (κ3) is 0.961. The van der Waals surface area contributed by atoms with Crippen LogP contribution in [-0.2, 0) is 0 Å². The second kappa shape index (κ2) is 2.27. The minimum absolute atomic E-state index is 0.0561. The molecular weight excluding hydrogens is 155 g/mol. The van der Waals surface area contributed by atoms with Crippen LogP contribution in [0.15, 0.2) is 29.1 Å². The number of rotatable bonds is 1. The summed E-state index contributed by atoms with van der Waals surface area (Å²) in [5, 5.41) is 0. The summed E-state index contributed by atoms with van der Waals surface area (Å²) in [5.41, 5.74) is 2.17. The molecule has 2 rings (SSSR count). The number of benzene rings is 1. The maximum absolute atomic E-state index is 12.7. The lowest BCUT2D eigenvalue weighted by Crippen LogP contribution is -1.78. The van der Waals surface area contributed by atoms with Crippen molar-refractivity contribution in [3.63, 3.8) is 0 Å². The molecule has 0 aliphatic heterocycles. The smallest absolute Gasteiger partial charge is 0.190 e. The molecule has 0 aliphatic carbocycles. The summed E-state index contributed by atoms with van der Waals surface area (Å²) in [6, 6.07) is 6.10. The van der Waals surface area contributed by atoms with Crippen LogP contribution in [0.25, 0.3) is 11.1 Å². The summed E-state index contributed by atoms with van der Waals surface area (Å²) in [4.78, 5) is 10.9. The van der Waals surface area contributed by atoms with E-state index in [1.54, 1.807) is 19.1 Å². The third-order valence-corrected chi connectivity index (χ3v) is 1.99. The van der Waals surface area contributed by atoms with Gasteiger partial charge in [-0.2, -0.15) is 0 Å². The van der Waals surface area contributed by atoms with Gasteiger partial charge in [-0.1, -0.05) is 12.1 Å². The molecule has 0 bridgehead atoms. The Morgan fingerprint density at radius 3 is 2.50 bits per heavy atom. The largest absolute Gasteiger partial charge is 0.289 e. The molecule has 2 aromatic carbocycles. The molecule has 0 aromatic heterocycles. The Hall–Kier alpha value is -1.44. The molecule has 0 fully saturated rings. The average Bonchev–Trinajstić information content (AvgIpc) is 2.60. The normalized spacial score (nSPS) is 10.8. The van der Waals surface area contributed by atoms with E-state index in [4.69, 9.17) is 0 Å². The molecular formula is C10H7FO. The van der Waals surface area contributed by atoms with Gasteiger partial charge in [-0.05, 0) is 24.6 Å². The minimum Gasteiger partial charge on any atom is -0.289 e. The summed E-state index contributed by atoms with van der Waals surface area (Å²) in [6.45, 7) is 1.75. The molecule has 0 N–H and O–H groups in total. The lowest BCUT2D eigenvalue weighted by atomic mass is 10.2. The Bertz CT molecular complexity index is 436. The molecule has 2 aromatic rings. The Balaban J connectivity index is 2.50. The number of halogens is 1. The number of hydrogen-bond donors (Lipinski definition) is 0. The standard InChI is InChI=1S/C10H7FO/c1-6-9(10(6)12)7-3-2-4-8(11)5-7/h2-5H,1H3. The summed E-state index contributed by atoms with van der Waals surface area (Å²) < 4.78 is 12.7. The third-order valence-electron chi connectivity index (χ3n) is 1.99. The fourth-order valence-electron chi connectivity index (χ4n) is 1.25. The van der Waals surface area contributed by atoms with Gasteiger partial charge in [0.25, 0.3) is 0 Å². The van der Waals surface area contributed by atoms with Crippen LogP contribution in [0, 0.1) is 12.7 Å². The van der Waals surface area contributed by atoms with Gasteiger partial charge in [-0.3, -0.25) is 4.79 Å². The average molecular weight is 162 g/mol. The predicted molar refractivity (Wildman–Crippen MR) is 45.2 cm³/mol. The first-order chi connectivity index (χ1) is 5.70. The first kappa shape index (κ1) is 7.22. The zero-order valence-electron chi connectivity index (χ0n) is 6.60. The van der Waals surface area contributed by atoms with Crippen molar-refractivity contribution in [1.82, 2.24) is 0 Å². The van der Waals surface area contributed by atoms with Crippen molar-refractivity contribution in [3.8, 4) is 11.1 Å². The summed E-state index contributed by atoms with van der Waals surface area (Å²) in [7, 11) is 0. The van der Waals surface area contributed by atoms with Gasteiger partial charge in [0.05, 0.1) is 0 Å². The van der Waals surface area contributed by atoms with Crippen molar-refractivity contribution >= 4 is 0 Å². The van der Waals surface area contributed by atoms with E-state index in [1.807, 2.05) is 0 Å². The van der Waals surface area contributed by atoms with Gasteiger partial charge in [0.15, 0.2) is 5.43 Å². The highest BCUT2D eigenvalue weighted by atomic mass is 19.1. The monoisotopic (exact) mass is 162 g/mol. The first-order valence-electron chi connectivity index (χ1n) is 3.71. The van der Waals surface area contributed by atoms with Crippen LogP contribution in [-0.4, -0.2) is 0 Å². The molecule has 0 saturated heterocycles. The van der Waals surface area contributed by atoms with Crippen molar-refractivity contribution in [1.29, 1.82) is 0 Å². The Labute approximate surface area is 69.1 Å². The topological polar surface area (TPSA) is 17.1 Å². The second-order valence-electron chi connectivity index (χ2n) is 2.84. The van der Waals surface area contributed by atoms with E-state index >= 15 is 0 Å². The van der Waals surface area contributed by atoms with Gasteiger partial charge in [0.2, 0.25) is 0 Å². The SMILES string of the molecule is Cc1c(-c2cccc(F)c2)c1=O. The molecule has 0 aliphatic rings. The molecule has 1 nitrogen and oxygen atoms in total. The van der Waals surface area contributed by atoms with Crippen LogP contribution in [0.3, 0.4) is 0 Å². The lowest BCUT2D eigenvalue weighted by molar-refractivity contribution is 0.628. The van der Waals surface area contributed by atoms with Crippen LogP contribution in [0.4, 0.5) is 4.39 Å².